The molecular weight excluding hydrogens is 292 g/mol. The molecule has 1 heterocycles. The topological polar surface area (TPSA) is 86.7 Å². The number of carboxylic acid groups (broad SMARTS) is 1. The summed E-state index contributed by atoms with van der Waals surface area (Å²) in [5.74, 6) is -0.303. The summed E-state index contributed by atoms with van der Waals surface area (Å²) < 4.78 is 28.2. The van der Waals surface area contributed by atoms with E-state index in [-0.39, 0.29) is 0 Å². The highest BCUT2D eigenvalue weighted by molar-refractivity contribution is 7.87. The summed E-state index contributed by atoms with van der Waals surface area (Å²) >= 11 is 0. The lowest BCUT2D eigenvalue weighted by atomic mass is 10.0. The Morgan fingerprint density at radius 2 is 1.81 bits per heavy atom. The predicted molar refractivity (Wildman–Crippen MR) is 80.1 cm³/mol. The molecule has 0 amide bonds. The van der Waals surface area contributed by atoms with Crippen LogP contribution in [0.4, 0.5) is 0 Å². The van der Waals surface area contributed by atoms with E-state index in [9.17, 15) is 13.2 Å². The zero-order valence-electron chi connectivity index (χ0n) is 12.5. The quantitative estimate of drug-likeness (QED) is 0.700. The van der Waals surface area contributed by atoms with E-state index in [4.69, 9.17) is 5.11 Å². The van der Waals surface area contributed by atoms with Gasteiger partial charge in [-0.2, -0.15) is 12.7 Å². The van der Waals surface area contributed by atoms with Gasteiger partial charge in [0.05, 0.1) is 0 Å². The summed E-state index contributed by atoms with van der Waals surface area (Å²) in [5.41, 5.74) is 0. The van der Waals surface area contributed by atoms with Crippen molar-refractivity contribution in [3.05, 3.63) is 0 Å². The van der Waals surface area contributed by atoms with E-state index in [1.54, 1.807) is 0 Å². The fourth-order valence-electron chi connectivity index (χ4n) is 3.41. The van der Waals surface area contributed by atoms with Crippen LogP contribution in [0, 0.1) is 5.92 Å². The van der Waals surface area contributed by atoms with Crippen molar-refractivity contribution < 1.29 is 18.3 Å². The molecule has 122 valence electrons. The molecule has 0 bridgehead atoms. The first-order valence-electron chi connectivity index (χ1n) is 8.00. The van der Waals surface area contributed by atoms with Crippen LogP contribution in [0.3, 0.4) is 0 Å². The Morgan fingerprint density at radius 3 is 2.48 bits per heavy atom. The largest absolute Gasteiger partial charge is 0.480 e. The molecule has 1 aliphatic carbocycles. The third-order valence-corrected chi connectivity index (χ3v) is 6.22. The van der Waals surface area contributed by atoms with Gasteiger partial charge in [0.25, 0.3) is 10.2 Å². The lowest BCUT2D eigenvalue weighted by molar-refractivity contribution is -0.142. The Labute approximate surface area is 127 Å². The molecule has 1 saturated heterocycles. The van der Waals surface area contributed by atoms with Crippen molar-refractivity contribution in [3.8, 4) is 0 Å². The van der Waals surface area contributed by atoms with Gasteiger partial charge in [0.15, 0.2) is 0 Å². The van der Waals surface area contributed by atoms with E-state index in [0.29, 0.717) is 19.5 Å². The highest BCUT2D eigenvalue weighted by atomic mass is 32.2. The van der Waals surface area contributed by atoms with Gasteiger partial charge in [-0.25, -0.2) is 4.72 Å². The van der Waals surface area contributed by atoms with Gasteiger partial charge < -0.3 is 5.11 Å². The molecule has 0 spiro atoms. The molecule has 1 atom stereocenters. The van der Waals surface area contributed by atoms with E-state index >= 15 is 0 Å². The molecule has 2 N–H and O–H groups in total. The lowest BCUT2D eigenvalue weighted by Crippen LogP contribution is -2.52. The van der Waals surface area contributed by atoms with Crippen molar-refractivity contribution in [1.29, 1.82) is 0 Å². The zero-order chi connectivity index (χ0) is 15.3. The van der Waals surface area contributed by atoms with Crippen LogP contribution in [0.2, 0.25) is 0 Å². The van der Waals surface area contributed by atoms with Gasteiger partial charge >= 0.3 is 5.97 Å². The van der Waals surface area contributed by atoms with Gasteiger partial charge in [-0.1, -0.05) is 25.7 Å². The standard InChI is InChI=1S/C14H26N2O4S/c17-14(18)13-9-3-4-11-16(13)21(19,20)15-10-5-8-12-6-1-2-7-12/h12-13,15H,1-11H2,(H,17,18). The maximum atomic E-state index is 12.2. The van der Waals surface area contributed by atoms with Crippen molar-refractivity contribution >= 4 is 16.2 Å². The SMILES string of the molecule is O=C(O)C1CCCCN1S(=O)(=O)NCCCC1CCCC1. The Kier molecular flexibility index (Phi) is 6.01. The molecule has 2 aliphatic rings. The minimum absolute atomic E-state index is 0.301. The van der Waals surface area contributed by atoms with Crippen molar-refractivity contribution in [2.75, 3.05) is 13.1 Å². The Hall–Kier alpha value is -0.660. The summed E-state index contributed by atoms with van der Waals surface area (Å²) in [6.07, 6.45) is 8.91. The van der Waals surface area contributed by atoms with Crippen LogP contribution in [0.25, 0.3) is 0 Å². The van der Waals surface area contributed by atoms with E-state index < -0.39 is 22.2 Å². The smallest absolute Gasteiger partial charge is 0.322 e. The first-order chi connectivity index (χ1) is 10.0. The van der Waals surface area contributed by atoms with E-state index in [2.05, 4.69) is 4.72 Å². The van der Waals surface area contributed by atoms with E-state index in [1.165, 1.54) is 25.7 Å². The van der Waals surface area contributed by atoms with Crippen molar-refractivity contribution in [1.82, 2.24) is 9.03 Å². The monoisotopic (exact) mass is 318 g/mol. The molecule has 2 fully saturated rings. The summed E-state index contributed by atoms with van der Waals surface area (Å²) in [6, 6.07) is -0.911. The number of nitrogens with one attached hydrogen (secondary N) is 1. The van der Waals surface area contributed by atoms with Gasteiger partial charge in [0.2, 0.25) is 0 Å². The number of hydrogen-bond acceptors (Lipinski definition) is 3. The molecule has 6 nitrogen and oxygen atoms in total. The molecule has 0 aromatic heterocycles. The molecular formula is C14H26N2O4S. The summed E-state index contributed by atoms with van der Waals surface area (Å²) in [6.45, 7) is 0.705. The van der Waals surface area contributed by atoms with Gasteiger partial charge in [0.1, 0.15) is 6.04 Å². The molecule has 0 aromatic rings. The molecule has 21 heavy (non-hydrogen) atoms. The molecule has 1 aliphatic heterocycles. The van der Waals surface area contributed by atoms with Crippen LogP contribution >= 0.6 is 0 Å². The fraction of sp³-hybridized carbons (Fsp3) is 0.929. The van der Waals surface area contributed by atoms with Crippen LogP contribution in [-0.4, -0.2) is 42.9 Å². The third kappa shape index (κ3) is 4.66. The average Bonchev–Trinajstić information content (AvgIpc) is 2.97. The number of aliphatic carboxylic acids is 1. The predicted octanol–water partition coefficient (Wildman–Crippen LogP) is 1.73. The second-order valence-electron chi connectivity index (χ2n) is 6.15. The number of hydrogen-bond donors (Lipinski definition) is 2. The Balaban J connectivity index is 1.80. The number of piperidine rings is 1. The molecule has 1 saturated carbocycles. The van der Waals surface area contributed by atoms with E-state index in [1.807, 2.05) is 0 Å². The summed E-state index contributed by atoms with van der Waals surface area (Å²) in [5, 5.41) is 9.15. The molecule has 2 rings (SSSR count). The van der Waals surface area contributed by atoms with Crippen LogP contribution in [0.1, 0.15) is 57.8 Å². The maximum absolute atomic E-state index is 12.2. The van der Waals surface area contributed by atoms with Gasteiger partial charge in [0, 0.05) is 13.1 Å². The van der Waals surface area contributed by atoms with Crippen LogP contribution in [-0.2, 0) is 15.0 Å². The van der Waals surface area contributed by atoms with Crippen LogP contribution in [0.15, 0.2) is 0 Å². The first-order valence-corrected chi connectivity index (χ1v) is 9.44. The Bertz CT molecular complexity index is 446. The second-order valence-corrected chi connectivity index (χ2v) is 7.86. The van der Waals surface area contributed by atoms with Gasteiger partial charge in [-0.15, -0.1) is 0 Å². The maximum Gasteiger partial charge on any atom is 0.322 e. The third-order valence-electron chi connectivity index (χ3n) is 4.60. The minimum atomic E-state index is -3.67. The molecule has 1 unspecified atom stereocenters. The highest BCUT2D eigenvalue weighted by Crippen LogP contribution is 2.28. The lowest BCUT2D eigenvalue weighted by Gasteiger charge is -2.31. The van der Waals surface area contributed by atoms with Crippen LogP contribution in [0.5, 0.6) is 0 Å². The molecule has 0 radical (unpaired) electrons. The first kappa shape index (κ1) is 16.7. The normalized spacial score (nSPS) is 25.2. The number of carboxylic acids is 1. The van der Waals surface area contributed by atoms with Crippen LogP contribution < -0.4 is 4.72 Å². The fourth-order valence-corrected chi connectivity index (χ4v) is 4.88. The average molecular weight is 318 g/mol. The van der Waals surface area contributed by atoms with Crippen molar-refractivity contribution in [2.24, 2.45) is 5.92 Å². The minimum Gasteiger partial charge on any atom is -0.480 e. The summed E-state index contributed by atoms with van der Waals surface area (Å²) in [7, 11) is -3.67. The number of rotatable bonds is 7. The molecule has 7 heteroatoms. The summed E-state index contributed by atoms with van der Waals surface area (Å²) in [4.78, 5) is 11.2. The zero-order valence-corrected chi connectivity index (χ0v) is 13.3. The molecule has 0 aromatic carbocycles. The second kappa shape index (κ2) is 7.56. The number of nitrogens with zero attached hydrogens (tertiary/aromatic N) is 1. The van der Waals surface area contributed by atoms with E-state index in [0.717, 1.165) is 35.9 Å². The number of carbonyl (C=O) groups is 1. The van der Waals surface area contributed by atoms with Gasteiger partial charge in [-0.3, -0.25) is 4.79 Å². The Morgan fingerprint density at radius 1 is 1.14 bits per heavy atom. The highest BCUT2D eigenvalue weighted by Gasteiger charge is 2.36. The van der Waals surface area contributed by atoms with Gasteiger partial charge in [-0.05, 0) is 38.0 Å². The van der Waals surface area contributed by atoms with Crippen molar-refractivity contribution in [3.63, 3.8) is 0 Å². The van der Waals surface area contributed by atoms with Crippen molar-refractivity contribution in [2.45, 2.75) is 63.8 Å².